The molecule has 0 aliphatic carbocycles. The molecule has 2 N–H and O–H groups in total. The number of aromatic nitrogens is 2. The van der Waals surface area contributed by atoms with Crippen molar-refractivity contribution in [3.05, 3.63) is 40.1 Å². The van der Waals surface area contributed by atoms with E-state index in [0.717, 1.165) is 11.8 Å². The van der Waals surface area contributed by atoms with E-state index in [1.807, 2.05) is 6.92 Å². The molecule has 9 nitrogen and oxygen atoms in total. The SMILES string of the molecule is CNS(=O)(=O)c1ccc(Nc2cc(C)n(C)n2)c([N+](=O)[O-])c1. The lowest BCUT2D eigenvalue weighted by Crippen LogP contribution is -2.18. The summed E-state index contributed by atoms with van der Waals surface area (Å²) in [4.78, 5) is 10.4. The van der Waals surface area contributed by atoms with Gasteiger partial charge in [-0.1, -0.05) is 0 Å². The third kappa shape index (κ3) is 3.07. The first-order chi connectivity index (χ1) is 10.2. The van der Waals surface area contributed by atoms with Gasteiger partial charge in [-0.3, -0.25) is 14.8 Å². The third-order valence-corrected chi connectivity index (χ3v) is 4.53. The minimum Gasteiger partial charge on any atom is -0.333 e. The van der Waals surface area contributed by atoms with E-state index >= 15 is 0 Å². The molecule has 0 amide bonds. The maximum absolute atomic E-state index is 11.7. The van der Waals surface area contributed by atoms with Crippen LogP contribution in [0, 0.1) is 17.0 Å². The Bertz CT molecular complexity index is 809. The van der Waals surface area contributed by atoms with E-state index in [0.29, 0.717) is 5.82 Å². The Hall–Kier alpha value is -2.46. The van der Waals surface area contributed by atoms with Crippen molar-refractivity contribution >= 4 is 27.2 Å². The van der Waals surface area contributed by atoms with Crippen molar-refractivity contribution in [2.75, 3.05) is 12.4 Å². The third-order valence-electron chi connectivity index (χ3n) is 3.12. The second-order valence-corrected chi connectivity index (χ2v) is 6.45. The molecule has 0 unspecified atom stereocenters. The normalized spacial score (nSPS) is 11.4. The predicted molar refractivity (Wildman–Crippen MR) is 80.6 cm³/mol. The maximum atomic E-state index is 11.7. The van der Waals surface area contributed by atoms with Crippen molar-refractivity contribution < 1.29 is 13.3 Å². The molecule has 0 spiro atoms. The van der Waals surface area contributed by atoms with Gasteiger partial charge in [-0.15, -0.1) is 0 Å². The predicted octanol–water partition coefficient (Wildman–Crippen LogP) is 1.29. The molecule has 118 valence electrons. The molecule has 0 atom stereocenters. The van der Waals surface area contributed by atoms with Gasteiger partial charge in [0, 0.05) is 24.9 Å². The molecule has 2 rings (SSSR count). The van der Waals surface area contributed by atoms with Gasteiger partial charge in [0.15, 0.2) is 5.82 Å². The summed E-state index contributed by atoms with van der Waals surface area (Å²) in [6, 6.07) is 5.36. The summed E-state index contributed by atoms with van der Waals surface area (Å²) in [5, 5.41) is 18.1. The highest BCUT2D eigenvalue weighted by molar-refractivity contribution is 7.89. The number of benzene rings is 1. The molecule has 0 radical (unpaired) electrons. The summed E-state index contributed by atoms with van der Waals surface area (Å²) in [6.45, 7) is 1.84. The molecule has 0 aliphatic rings. The first kappa shape index (κ1) is 15.9. The number of anilines is 2. The molecule has 0 fully saturated rings. The van der Waals surface area contributed by atoms with Gasteiger partial charge in [0.2, 0.25) is 10.0 Å². The van der Waals surface area contributed by atoms with Gasteiger partial charge < -0.3 is 5.32 Å². The van der Waals surface area contributed by atoms with Gasteiger partial charge in [-0.05, 0) is 26.1 Å². The number of sulfonamides is 1. The molecule has 0 saturated carbocycles. The summed E-state index contributed by atoms with van der Waals surface area (Å²) in [5.74, 6) is 0.437. The number of rotatable bonds is 5. The zero-order valence-electron chi connectivity index (χ0n) is 12.2. The Morgan fingerprint density at radius 2 is 2.00 bits per heavy atom. The Kier molecular flexibility index (Phi) is 4.15. The van der Waals surface area contributed by atoms with Crippen LogP contribution in [0.2, 0.25) is 0 Å². The number of nitrogens with one attached hydrogen (secondary N) is 2. The van der Waals surface area contributed by atoms with Crippen LogP contribution in [0.3, 0.4) is 0 Å². The Morgan fingerprint density at radius 3 is 2.50 bits per heavy atom. The molecular formula is C12H15N5O4S. The molecule has 1 heterocycles. The first-order valence-corrected chi connectivity index (χ1v) is 7.72. The largest absolute Gasteiger partial charge is 0.333 e. The standard InChI is InChI=1S/C12H15N5O4S/c1-8-6-12(15-16(8)3)14-10-5-4-9(22(20,21)13-2)7-11(10)17(18)19/h4-7,13H,1-3H3,(H,14,15). The number of nitro groups is 1. The van der Waals surface area contributed by atoms with Crippen molar-refractivity contribution in [3.63, 3.8) is 0 Å². The van der Waals surface area contributed by atoms with Gasteiger partial charge in [0.1, 0.15) is 5.69 Å². The van der Waals surface area contributed by atoms with E-state index in [1.165, 1.54) is 19.2 Å². The van der Waals surface area contributed by atoms with E-state index < -0.39 is 14.9 Å². The van der Waals surface area contributed by atoms with Gasteiger partial charge in [0.25, 0.3) is 5.69 Å². The monoisotopic (exact) mass is 325 g/mol. The summed E-state index contributed by atoms with van der Waals surface area (Å²) in [7, 11) is -0.761. The molecule has 0 saturated heterocycles. The number of aryl methyl sites for hydroxylation is 2. The zero-order valence-corrected chi connectivity index (χ0v) is 13.0. The lowest BCUT2D eigenvalue weighted by molar-refractivity contribution is -0.384. The lowest BCUT2D eigenvalue weighted by atomic mass is 10.2. The number of hydrogen-bond acceptors (Lipinski definition) is 6. The molecule has 0 aliphatic heterocycles. The number of hydrogen-bond donors (Lipinski definition) is 2. The molecule has 1 aromatic carbocycles. The summed E-state index contributed by atoms with van der Waals surface area (Å²) < 4.78 is 27.2. The van der Waals surface area contributed by atoms with Crippen LogP contribution in [-0.2, 0) is 17.1 Å². The fourth-order valence-corrected chi connectivity index (χ4v) is 2.56. The maximum Gasteiger partial charge on any atom is 0.294 e. The second-order valence-electron chi connectivity index (χ2n) is 4.56. The Morgan fingerprint density at radius 1 is 1.32 bits per heavy atom. The number of nitrogens with zero attached hydrogens (tertiary/aromatic N) is 3. The average molecular weight is 325 g/mol. The van der Waals surface area contributed by atoms with Crippen molar-refractivity contribution in [2.45, 2.75) is 11.8 Å². The molecule has 22 heavy (non-hydrogen) atoms. The van der Waals surface area contributed by atoms with Crippen LogP contribution >= 0.6 is 0 Å². The van der Waals surface area contributed by atoms with Gasteiger partial charge in [-0.25, -0.2) is 13.1 Å². The Balaban J connectivity index is 2.46. The fourth-order valence-electron chi connectivity index (χ4n) is 1.81. The van der Waals surface area contributed by atoms with E-state index in [9.17, 15) is 18.5 Å². The van der Waals surface area contributed by atoms with E-state index in [-0.39, 0.29) is 16.3 Å². The first-order valence-electron chi connectivity index (χ1n) is 6.24. The fraction of sp³-hybridized carbons (Fsp3) is 0.250. The van der Waals surface area contributed by atoms with Crippen molar-refractivity contribution in [2.24, 2.45) is 7.05 Å². The van der Waals surface area contributed by atoms with Crippen molar-refractivity contribution in [3.8, 4) is 0 Å². The van der Waals surface area contributed by atoms with Crippen LogP contribution in [0.4, 0.5) is 17.2 Å². The van der Waals surface area contributed by atoms with Crippen LogP contribution in [0.25, 0.3) is 0 Å². The molecule has 10 heteroatoms. The highest BCUT2D eigenvalue weighted by atomic mass is 32.2. The van der Waals surface area contributed by atoms with Crippen LogP contribution in [0.5, 0.6) is 0 Å². The highest BCUT2D eigenvalue weighted by Gasteiger charge is 2.21. The topological polar surface area (TPSA) is 119 Å². The van der Waals surface area contributed by atoms with Crippen LogP contribution < -0.4 is 10.0 Å². The van der Waals surface area contributed by atoms with Crippen LogP contribution in [0.1, 0.15) is 5.69 Å². The number of nitro benzene ring substituents is 1. The lowest BCUT2D eigenvalue weighted by Gasteiger charge is -2.07. The van der Waals surface area contributed by atoms with Crippen LogP contribution in [0.15, 0.2) is 29.2 Å². The van der Waals surface area contributed by atoms with E-state index in [1.54, 1.807) is 17.8 Å². The molecule has 1 aromatic heterocycles. The van der Waals surface area contributed by atoms with Crippen molar-refractivity contribution in [1.29, 1.82) is 0 Å². The summed E-state index contributed by atoms with van der Waals surface area (Å²) in [6.07, 6.45) is 0. The van der Waals surface area contributed by atoms with Crippen molar-refractivity contribution in [1.82, 2.24) is 14.5 Å². The minimum absolute atomic E-state index is 0.165. The van der Waals surface area contributed by atoms with E-state index in [4.69, 9.17) is 0 Å². The smallest absolute Gasteiger partial charge is 0.294 e. The molecule has 2 aromatic rings. The van der Waals surface area contributed by atoms with Gasteiger partial charge in [0.05, 0.1) is 9.82 Å². The highest BCUT2D eigenvalue weighted by Crippen LogP contribution is 2.29. The molecular weight excluding hydrogens is 310 g/mol. The van der Waals surface area contributed by atoms with Gasteiger partial charge in [-0.2, -0.15) is 5.10 Å². The summed E-state index contributed by atoms with van der Waals surface area (Å²) >= 11 is 0. The zero-order chi connectivity index (χ0) is 16.5. The second kappa shape index (κ2) is 5.73. The van der Waals surface area contributed by atoms with Gasteiger partial charge >= 0.3 is 0 Å². The average Bonchev–Trinajstić information content (AvgIpc) is 2.77. The quantitative estimate of drug-likeness (QED) is 0.631. The Labute approximate surface area is 127 Å². The minimum atomic E-state index is -3.75. The van der Waals surface area contributed by atoms with E-state index in [2.05, 4.69) is 15.1 Å². The summed E-state index contributed by atoms with van der Waals surface area (Å²) in [5.41, 5.74) is 0.692. The molecule has 0 bridgehead atoms. The van der Waals surface area contributed by atoms with Crippen LogP contribution in [-0.4, -0.2) is 30.2 Å².